The maximum Gasteiger partial charge on any atom is 0.411 e. The molecule has 1 saturated carbocycles. The van der Waals surface area contributed by atoms with E-state index < -0.39 is 53.0 Å². The standard InChI is InChI=1S/C38H44FN3O6/c1-36(2,3)26-8-7-9-27(21-26)38(18-19-38)42-23-32(47-35(42)46)30(41-34(45)48-37(4,5)6)20-24-10-16-29(17-11-24)40-33(44)22-31(43)25-12-14-28(39)15-13-25/h7-17,21,30,32H,18-20,22-23H2,1-6H3,(H,40,44)(H,41,45)/t30-,32+/m0/s1. The van der Waals surface area contributed by atoms with Crippen LogP contribution in [-0.4, -0.2) is 53.1 Å². The van der Waals surface area contributed by atoms with Gasteiger partial charge in [0.05, 0.1) is 24.5 Å². The molecule has 2 aliphatic rings. The van der Waals surface area contributed by atoms with Gasteiger partial charge in [0.1, 0.15) is 17.5 Å². The summed E-state index contributed by atoms with van der Waals surface area (Å²) in [7, 11) is 0. The first kappa shape index (κ1) is 34.6. The zero-order valence-electron chi connectivity index (χ0n) is 28.4. The van der Waals surface area contributed by atoms with Crippen molar-refractivity contribution >= 4 is 29.6 Å². The Morgan fingerprint density at radius 2 is 1.65 bits per heavy atom. The molecule has 3 aromatic rings. The number of nitrogens with one attached hydrogen (secondary N) is 2. The number of nitrogens with zero attached hydrogens (tertiary/aromatic N) is 1. The SMILES string of the molecule is CC(C)(C)OC(=O)N[C@@H](Cc1ccc(NC(=O)CC(=O)c2ccc(F)cc2)cc1)[C@H]1CN(C2(c3cccc(C(C)(C)C)c3)CC2)C(=O)O1. The molecule has 254 valence electrons. The van der Waals surface area contributed by atoms with E-state index in [1.165, 1.54) is 29.8 Å². The van der Waals surface area contributed by atoms with E-state index in [1.807, 2.05) is 6.07 Å². The largest absolute Gasteiger partial charge is 0.444 e. The van der Waals surface area contributed by atoms with Crippen LogP contribution in [0.5, 0.6) is 0 Å². The number of carbonyl (C=O) groups excluding carboxylic acids is 4. The number of halogens is 1. The maximum absolute atomic E-state index is 13.4. The monoisotopic (exact) mass is 657 g/mol. The van der Waals surface area contributed by atoms with Crippen LogP contribution in [0.25, 0.3) is 0 Å². The summed E-state index contributed by atoms with van der Waals surface area (Å²) in [6.45, 7) is 12.1. The lowest BCUT2D eigenvalue weighted by Gasteiger charge is -2.29. The van der Waals surface area contributed by atoms with Crippen LogP contribution in [-0.2, 0) is 31.6 Å². The molecule has 5 rings (SSSR count). The minimum atomic E-state index is -0.721. The van der Waals surface area contributed by atoms with Gasteiger partial charge >= 0.3 is 12.2 Å². The van der Waals surface area contributed by atoms with Crippen LogP contribution in [0.15, 0.2) is 72.8 Å². The number of carbonyl (C=O) groups is 4. The second-order valence-electron chi connectivity index (χ2n) is 14.7. The lowest BCUT2D eigenvalue weighted by molar-refractivity contribution is -0.115. The Balaban J connectivity index is 1.28. The molecule has 0 radical (unpaired) electrons. The molecule has 2 N–H and O–H groups in total. The topological polar surface area (TPSA) is 114 Å². The summed E-state index contributed by atoms with van der Waals surface area (Å²) in [6, 6.07) is 19.8. The Morgan fingerprint density at radius 3 is 2.25 bits per heavy atom. The first-order chi connectivity index (χ1) is 22.5. The van der Waals surface area contributed by atoms with Crippen molar-refractivity contribution in [3.05, 3.63) is 101 Å². The van der Waals surface area contributed by atoms with Crippen LogP contribution >= 0.6 is 0 Å². The van der Waals surface area contributed by atoms with Crippen molar-refractivity contribution in [1.82, 2.24) is 10.2 Å². The van der Waals surface area contributed by atoms with Gasteiger partial charge in [-0.2, -0.15) is 0 Å². The minimum Gasteiger partial charge on any atom is -0.444 e. The number of ketones is 1. The predicted octanol–water partition coefficient (Wildman–Crippen LogP) is 7.28. The van der Waals surface area contributed by atoms with Gasteiger partial charge in [-0.15, -0.1) is 0 Å². The van der Waals surface area contributed by atoms with Gasteiger partial charge in [0.15, 0.2) is 5.78 Å². The van der Waals surface area contributed by atoms with Crippen LogP contribution in [0.1, 0.15) is 87.9 Å². The normalized spacial score (nSPS) is 17.7. The molecule has 3 aromatic carbocycles. The van der Waals surface area contributed by atoms with E-state index in [-0.39, 0.29) is 17.4 Å². The van der Waals surface area contributed by atoms with Crippen LogP contribution in [0, 0.1) is 5.82 Å². The summed E-state index contributed by atoms with van der Waals surface area (Å²) in [6.07, 6.45) is -0.0658. The highest BCUT2D eigenvalue weighted by atomic mass is 19.1. The molecule has 3 amide bonds. The molecule has 1 heterocycles. The summed E-state index contributed by atoms with van der Waals surface area (Å²) in [5, 5.41) is 5.65. The zero-order valence-corrected chi connectivity index (χ0v) is 28.4. The Labute approximate surface area is 281 Å². The van der Waals surface area contributed by atoms with Crippen molar-refractivity contribution in [2.45, 2.75) is 95.9 Å². The maximum atomic E-state index is 13.4. The summed E-state index contributed by atoms with van der Waals surface area (Å²) in [5.74, 6) is -1.38. The molecule has 2 fully saturated rings. The number of hydrogen-bond acceptors (Lipinski definition) is 6. The molecule has 1 aliphatic heterocycles. The number of alkyl carbamates (subject to hydrolysis) is 1. The van der Waals surface area contributed by atoms with Crippen LogP contribution in [0.2, 0.25) is 0 Å². The number of Topliss-reactive ketones (excluding diaryl/α,β-unsaturated/α-hetero) is 1. The van der Waals surface area contributed by atoms with E-state index in [2.05, 4.69) is 49.6 Å². The first-order valence-electron chi connectivity index (χ1n) is 16.3. The van der Waals surface area contributed by atoms with Crippen molar-refractivity contribution in [3.63, 3.8) is 0 Å². The van der Waals surface area contributed by atoms with E-state index >= 15 is 0 Å². The lowest BCUT2D eigenvalue weighted by Crippen LogP contribution is -2.48. The van der Waals surface area contributed by atoms with Gasteiger partial charge in [-0.05, 0) is 98.5 Å². The van der Waals surface area contributed by atoms with E-state index in [1.54, 1.807) is 49.9 Å². The molecule has 1 saturated heterocycles. The molecular weight excluding hydrogens is 613 g/mol. The Kier molecular flexibility index (Phi) is 9.67. The summed E-state index contributed by atoms with van der Waals surface area (Å²) >= 11 is 0. The summed E-state index contributed by atoms with van der Waals surface area (Å²) in [5.41, 5.74) is 2.64. The molecule has 2 atom stereocenters. The van der Waals surface area contributed by atoms with Gasteiger partial charge in [-0.25, -0.2) is 14.0 Å². The number of hydrogen-bond donors (Lipinski definition) is 2. The Morgan fingerprint density at radius 1 is 0.979 bits per heavy atom. The number of ether oxygens (including phenoxy) is 2. The van der Waals surface area contributed by atoms with Crippen molar-refractivity contribution in [2.75, 3.05) is 11.9 Å². The van der Waals surface area contributed by atoms with E-state index in [9.17, 15) is 23.6 Å². The van der Waals surface area contributed by atoms with E-state index in [4.69, 9.17) is 9.47 Å². The summed E-state index contributed by atoms with van der Waals surface area (Å²) in [4.78, 5) is 53.1. The fourth-order valence-corrected chi connectivity index (χ4v) is 5.95. The smallest absolute Gasteiger partial charge is 0.411 e. The van der Waals surface area contributed by atoms with Crippen molar-refractivity contribution in [1.29, 1.82) is 0 Å². The number of cyclic esters (lactones) is 1. The highest BCUT2D eigenvalue weighted by Gasteiger charge is 2.56. The van der Waals surface area contributed by atoms with Gasteiger partial charge in [0.2, 0.25) is 5.91 Å². The number of rotatable bonds is 10. The predicted molar refractivity (Wildman–Crippen MR) is 180 cm³/mol. The quantitative estimate of drug-likeness (QED) is 0.175. The number of benzene rings is 3. The second-order valence-corrected chi connectivity index (χ2v) is 14.7. The van der Waals surface area contributed by atoms with E-state index in [0.717, 1.165) is 24.0 Å². The van der Waals surface area contributed by atoms with Gasteiger partial charge in [-0.1, -0.05) is 57.2 Å². The van der Waals surface area contributed by atoms with Crippen molar-refractivity contribution in [3.8, 4) is 0 Å². The number of amides is 3. The summed E-state index contributed by atoms with van der Waals surface area (Å²) < 4.78 is 24.7. The second kappa shape index (κ2) is 13.4. The lowest BCUT2D eigenvalue weighted by atomic mass is 9.85. The third-order valence-corrected chi connectivity index (χ3v) is 8.67. The van der Waals surface area contributed by atoms with Crippen molar-refractivity contribution in [2.24, 2.45) is 0 Å². The highest BCUT2D eigenvalue weighted by Crippen LogP contribution is 2.53. The molecular formula is C38H44FN3O6. The van der Waals surface area contributed by atoms with Gasteiger partial charge in [-0.3, -0.25) is 14.5 Å². The molecule has 48 heavy (non-hydrogen) atoms. The Hall–Kier alpha value is -4.73. The molecule has 0 bridgehead atoms. The fourth-order valence-electron chi connectivity index (χ4n) is 5.95. The molecule has 10 heteroatoms. The molecule has 0 unspecified atom stereocenters. The van der Waals surface area contributed by atoms with Crippen molar-refractivity contribution < 1.29 is 33.0 Å². The van der Waals surface area contributed by atoms with Crippen LogP contribution in [0.3, 0.4) is 0 Å². The van der Waals surface area contributed by atoms with E-state index in [0.29, 0.717) is 18.7 Å². The fraction of sp³-hybridized carbons (Fsp3) is 0.421. The first-order valence-corrected chi connectivity index (χ1v) is 16.3. The van der Waals surface area contributed by atoms with Gasteiger partial charge in [0.25, 0.3) is 0 Å². The minimum absolute atomic E-state index is 0.0393. The molecule has 9 nitrogen and oxygen atoms in total. The Bertz CT molecular complexity index is 1670. The average Bonchev–Trinajstić information content (AvgIpc) is 3.71. The molecule has 0 aromatic heterocycles. The van der Waals surface area contributed by atoms with Gasteiger partial charge in [0, 0.05) is 11.3 Å². The highest BCUT2D eigenvalue weighted by molar-refractivity contribution is 6.11. The molecule has 0 spiro atoms. The third kappa shape index (κ3) is 8.40. The van der Waals surface area contributed by atoms with Crippen LogP contribution < -0.4 is 10.6 Å². The van der Waals surface area contributed by atoms with Crippen LogP contribution in [0.4, 0.5) is 19.7 Å². The third-order valence-electron chi connectivity index (χ3n) is 8.67. The molecule has 1 aliphatic carbocycles. The number of anilines is 1. The van der Waals surface area contributed by atoms with Gasteiger partial charge < -0.3 is 20.1 Å². The zero-order chi connectivity index (χ0) is 34.9. The average molecular weight is 658 g/mol.